The lowest BCUT2D eigenvalue weighted by atomic mass is 9.94. The minimum Gasteiger partial charge on any atom is -0.507 e. The van der Waals surface area contributed by atoms with Crippen molar-refractivity contribution in [3.8, 4) is 0 Å². The van der Waals surface area contributed by atoms with Gasteiger partial charge in [0, 0.05) is 41.9 Å². The predicted octanol–water partition coefficient (Wildman–Crippen LogP) is 2.93. The van der Waals surface area contributed by atoms with Gasteiger partial charge in [-0.1, -0.05) is 28.1 Å². The molecule has 9 nitrogen and oxygen atoms in total. The van der Waals surface area contributed by atoms with Crippen molar-refractivity contribution < 1.29 is 29.0 Å². The SMILES string of the molecule is COC(=O)c1[nH]c(C)c(/C(O)=C2\C(=O)C(=O)N(CCN3CCOCC3)C2c2cccc(Br)c2)c1C. The van der Waals surface area contributed by atoms with E-state index in [1.165, 1.54) is 12.0 Å². The molecule has 2 aliphatic rings. The molecule has 0 spiro atoms. The van der Waals surface area contributed by atoms with E-state index in [0.717, 1.165) is 17.6 Å². The Morgan fingerprint density at radius 2 is 1.94 bits per heavy atom. The lowest BCUT2D eigenvalue weighted by Crippen LogP contribution is -2.42. The summed E-state index contributed by atoms with van der Waals surface area (Å²) in [4.78, 5) is 45.3. The van der Waals surface area contributed by atoms with Crippen molar-refractivity contribution in [3.63, 3.8) is 0 Å². The van der Waals surface area contributed by atoms with Gasteiger partial charge in [-0.05, 0) is 37.1 Å². The zero-order valence-corrected chi connectivity index (χ0v) is 21.5. The minimum absolute atomic E-state index is 0.00306. The number of nitrogens with one attached hydrogen (secondary N) is 1. The molecule has 35 heavy (non-hydrogen) atoms. The minimum atomic E-state index is -0.774. The molecule has 1 aromatic heterocycles. The van der Waals surface area contributed by atoms with Crippen LogP contribution in [0.4, 0.5) is 0 Å². The summed E-state index contributed by atoms with van der Waals surface area (Å²) in [6.45, 7) is 7.01. The highest BCUT2D eigenvalue weighted by Gasteiger charge is 2.46. The summed E-state index contributed by atoms with van der Waals surface area (Å²) in [5.41, 5.74) is 2.13. The van der Waals surface area contributed by atoms with E-state index in [9.17, 15) is 19.5 Å². The second kappa shape index (κ2) is 10.3. The zero-order valence-electron chi connectivity index (χ0n) is 19.9. The molecule has 0 bridgehead atoms. The number of hydrogen-bond donors (Lipinski definition) is 2. The van der Waals surface area contributed by atoms with Gasteiger partial charge in [0.25, 0.3) is 11.7 Å². The number of Topliss-reactive ketones (excluding diaryl/α,β-unsaturated/α-hetero) is 1. The van der Waals surface area contributed by atoms with Crippen LogP contribution in [0, 0.1) is 13.8 Å². The number of aliphatic hydroxyl groups is 1. The van der Waals surface area contributed by atoms with Crippen LogP contribution in [0.15, 0.2) is 34.3 Å². The molecule has 0 saturated carbocycles. The first-order valence-electron chi connectivity index (χ1n) is 11.4. The predicted molar refractivity (Wildman–Crippen MR) is 132 cm³/mol. The number of aromatic nitrogens is 1. The van der Waals surface area contributed by atoms with Gasteiger partial charge in [-0.2, -0.15) is 0 Å². The van der Waals surface area contributed by atoms with Crippen molar-refractivity contribution >= 4 is 39.3 Å². The molecule has 0 aliphatic carbocycles. The van der Waals surface area contributed by atoms with Crippen molar-refractivity contribution in [2.24, 2.45) is 0 Å². The number of H-pyrrole nitrogens is 1. The Kier molecular flexibility index (Phi) is 7.44. The summed E-state index contributed by atoms with van der Waals surface area (Å²) in [7, 11) is 1.27. The lowest BCUT2D eigenvalue weighted by molar-refractivity contribution is -0.140. The third kappa shape index (κ3) is 4.78. The third-order valence-corrected chi connectivity index (χ3v) is 7.02. The number of carbonyl (C=O) groups excluding carboxylic acids is 3. The Hall–Kier alpha value is -2.95. The summed E-state index contributed by atoms with van der Waals surface area (Å²) in [5.74, 6) is -2.32. The van der Waals surface area contributed by atoms with Gasteiger partial charge in [0.15, 0.2) is 0 Å². The van der Waals surface area contributed by atoms with E-state index in [1.54, 1.807) is 13.8 Å². The first-order chi connectivity index (χ1) is 16.7. The molecule has 2 N–H and O–H groups in total. The molecule has 1 amide bonds. The summed E-state index contributed by atoms with van der Waals surface area (Å²) in [6, 6.07) is 6.56. The van der Waals surface area contributed by atoms with Crippen LogP contribution in [0.2, 0.25) is 0 Å². The standard InChI is InChI=1S/C25H28BrN3O6/c1-14-18(15(2)27-20(14)25(33)34-3)22(30)19-21(16-5-4-6-17(26)13-16)29(24(32)23(19)31)8-7-28-9-11-35-12-10-28/h4-6,13,21,27,30H,7-12H2,1-3H3/b22-19+. The van der Waals surface area contributed by atoms with Crippen LogP contribution in [0.1, 0.15) is 38.9 Å². The smallest absolute Gasteiger partial charge is 0.354 e. The molecule has 2 saturated heterocycles. The third-order valence-electron chi connectivity index (χ3n) is 6.53. The van der Waals surface area contributed by atoms with Gasteiger partial charge in [0.1, 0.15) is 11.5 Å². The summed E-state index contributed by atoms with van der Waals surface area (Å²) in [5, 5.41) is 11.4. The molecule has 186 valence electrons. The number of benzene rings is 1. The van der Waals surface area contributed by atoms with Gasteiger partial charge in [0.05, 0.1) is 31.9 Å². The maximum absolute atomic E-state index is 13.3. The average Bonchev–Trinajstić information content (AvgIpc) is 3.29. The first-order valence-corrected chi connectivity index (χ1v) is 12.2. The quantitative estimate of drug-likeness (QED) is 0.248. The number of halogens is 1. The number of esters is 1. The topological polar surface area (TPSA) is 112 Å². The van der Waals surface area contributed by atoms with Crippen LogP contribution in [-0.2, 0) is 19.1 Å². The van der Waals surface area contributed by atoms with Crippen LogP contribution < -0.4 is 0 Å². The number of morpholine rings is 1. The van der Waals surface area contributed by atoms with E-state index in [1.807, 2.05) is 24.3 Å². The van der Waals surface area contributed by atoms with Crippen molar-refractivity contribution in [2.45, 2.75) is 19.9 Å². The summed E-state index contributed by atoms with van der Waals surface area (Å²) < 4.78 is 11.0. The number of aryl methyl sites for hydroxylation is 1. The fourth-order valence-corrected chi connectivity index (χ4v) is 5.17. The highest BCUT2D eigenvalue weighted by atomic mass is 79.9. The number of carbonyl (C=O) groups is 3. The maximum Gasteiger partial charge on any atom is 0.354 e. The Balaban J connectivity index is 1.80. The van der Waals surface area contributed by atoms with E-state index < -0.39 is 23.7 Å². The van der Waals surface area contributed by atoms with Crippen molar-refractivity contribution in [3.05, 3.63) is 62.4 Å². The van der Waals surface area contributed by atoms with E-state index in [2.05, 4.69) is 25.8 Å². The molecule has 0 radical (unpaired) electrons. The number of likely N-dealkylation sites (tertiary alicyclic amines) is 1. The molecule has 10 heteroatoms. The first kappa shape index (κ1) is 25.2. The van der Waals surface area contributed by atoms with Crippen LogP contribution in [0.25, 0.3) is 5.76 Å². The Morgan fingerprint density at radius 1 is 1.23 bits per heavy atom. The van der Waals surface area contributed by atoms with Crippen molar-refractivity contribution in [1.29, 1.82) is 0 Å². The van der Waals surface area contributed by atoms with E-state index >= 15 is 0 Å². The normalized spacial score (nSPS) is 20.5. The number of aromatic amines is 1. The van der Waals surface area contributed by atoms with Crippen LogP contribution in [-0.4, -0.2) is 84.1 Å². The molecule has 3 heterocycles. The number of rotatable bonds is 6. The van der Waals surface area contributed by atoms with Crippen LogP contribution in [0.5, 0.6) is 0 Å². The van der Waals surface area contributed by atoms with Crippen LogP contribution >= 0.6 is 15.9 Å². The average molecular weight is 546 g/mol. The Morgan fingerprint density at radius 3 is 2.60 bits per heavy atom. The molecule has 4 rings (SSSR count). The van der Waals surface area contributed by atoms with E-state index in [0.29, 0.717) is 48.7 Å². The van der Waals surface area contributed by atoms with Gasteiger partial charge in [-0.3, -0.25) is 14.5 Å². The maximum atomic E-state index is 13.3. The monoisotopic (exact) mass is 545 g/mol. The number of aliphatic hydroxyl groups excluding tert-OH is 1. The molecule has 1 aromatic carbocycles. The largest absolute Gasteiger partial charge is 0.507 e. The number of amides is 1. The highest BCUT2D eigenvalue weighted by Crippen LogP contribution is 2.41. The fraction of sp³-hybridized carbons (Fsp3) is 0.400. The van der Waals surface area contributed by atoms with Crippen molar-refractivity contribution in [1.82, 2.24) is 14.8 Å². The zero-order chi connectivity index (χ0) is 25.3. The van der Waals surface area contributed by atoms with Gasteiger partial charge >= 0.3 is 5.97 Å². The molecule has 2 aromatic rings. The van der Waals surface area contributed by atoms with Gasteiger partial charge in [0.2, 0.25) is 0 Å². The molecular formula is C25H28BrN3O6. The number of ketones is 1. The fourth-order valence-electron chi connectivity index (χ4n) is 4.75. The summed E-state index contributed by atoms with van der Waals surface area (Å²) >= 11 is 3.47. The van der Waals surface area contributed by atoms with Crippen molar-refractivity contribution in [2.75, 3.05) is 46.5 Å². The number of ether oxygens (including phenoxy) is 2. The van der Waals surface area contributed by atoms with Gasteiger partial charge < -0.3 is 24.5 Å². The molecule has 2 fully saturated rings. The molecule has 2 aliphatic heterocycles. The van der Waals surface area contributed by atoms with E-state index in [-0.39, 0.29) is 17.0 Å². The van der Waals surface area contributed by atoms with Gasteiger partial charge in [-0.15, -0.1) is 0 Å². The Labute approximate surface area is 211 Å². The molecule has 1 unspecified atom stereocenters. The lowest BCUT2D eigenvalue weighted by Gasteiger charge is -2.31. The summed E-state index contributed by atoms with van der Waals surface area (Å²) in [6.07, 6.45) is 0. The Bertz CT molecular complexity index is 1200. The van der Waals surface area contributed by atoms with Crippen LogP contribution in [0.3, 0.4) is 0 Å². The second-order valence-electron chi connectivity index (χ2n) is 8.62. The number of methoxy groups -OCH3 is 1. The molecular weight excluding hydrogens is 518 g/mol. The second-order valence-corrected chi connectivity index (χ2v) is 9.53. The number of nitrogens with zero attached hydrogens (tertiary/aromatic N) is 2. The molecule has 1 atom stereocenters. The highest BCUT2D eigenvalue weighted by molar-refractivity contribution is 9.10. The number of hydrogen-bond acceptors (Lipinski definition) is 7. The van der Waals surface area contributed by atoms with E-state index in [4.69, 9.17) is 9.47 Å². The van der Waals surface area contributed by atoms with Gasteiger partial charge in [-0.25, -0.2) is 4.79 Å².